The summed E-state index contributed by atoms with van der Waals surface area (Å²) in [6.45, 7) is 12.3. The minimum Gasteiger partial charge on any atom is -0.458 e. The number of aliphatic hydroxyl groups excluding tert-OH is 1. The van der Waals surface area contributed by atoms with Crippen LogP contribution in [0.25, 0.3) is 22.3 Å². The molecule has 7 rings (SSSR count). The van der Waals surface area contributed by atoms with E-state index < -0.39 is 18.2 Å². The van der Waals surface area contributed by atoms with Gasteiger partial charge in [-0.05, 0) is 61.4 Å². The number of halogens is 1. The molecule has 238 valence electrons. The van der Waals surface area contributed by atoms with Gasteiger partial charge in [-0.15, -0.1) is 0 Å². The number of esters is 1. The molecule has 2 aromatic carbocycles. The van der Waals surface area contributed by atoms with Crippen LogP contribution in [0, 0.1) is 19.7 Å². The summed E-state index contributed by atoms with van der Waals surface area (Å²) in [6, 6.07) is 10.8. The Morgan fingerprint density at radius 3 is 2.38 bits per heavy atom. The van der Waals surface area contributed by atoms with Gasteiger partial charge in [0, 0.05) is 22.6 Å². The third-order valence-electron chi connectivity index (χ3n) is 8.04. The number of primary amides is 1. The molecule has 45 heavy (non-hydrogen) atoms. The van der Waals surface area contributed by atoms with E-state index in [1.54, 1.807) is 17.6 Å². The molecule has 0 bridgehead atoms. The average molecular weight is 618 g/mol. The molecular weight excluding hydrogens is 577 g/mol. The highest BCUT2D eigenvalue weighted by Gasteiger charge is 2.35. The number of rotatable bonds is 2. The van der Waals surface area contributed by atoms with Crippen LogP contribution in [0.1, 0.15) is 84.7 Å². The van der Waals surface area contributed by atoms with Crippen LogP contribution in [0.4, 0.5) is 9.18 Å². The predicted molar refractivity (Wildman–Crippen MR) is 170 cm³/mol. The van der Waals surface area contributed by atoms with Crippen LogP contribution in [-0.2, 0) is 46.9 Å². The van der Waals surface area contributed by atoms with Crippen LogP contribution in [0.3, 0.4) is 0 Å². The topological polar surface area (TPSA) is 134 Å². The Balaban J connectivity index is 0.000000243. The number of amides is 1. The fraction of sp³-hybridized carbons (Fsp3) is 0.371. The summed E-state index contributed by atoms with van der Waals surface area (Å²) in [6.07, 6.45) is 0.375. The normalized spacial score (nSPS) is 15.0. The maximum Gasteiger partial charge on any atom is 0.404 e. The Morgan fingerprint density at radius 1 is 1.04 bits per heavy atom. The number of carbonyl (C=O) groups excluding carboxylic acids is 2. The fourth-order valence-electron chi connectivity index (χ4n) is 5.90. The molecule has 3 aliphatic rings. The second-order valence-corrected chi connectivity index (χ2v) is 10.6. The third-order valence-corrected chi connectivity index (χ3v) is 8.04. The van der Waals surface area contributed by atoms with Crippen LogP contribution in [0.15, 0.2) is 41.2 Å². The summed E-state index contributed by atoms with van der Waals surface area (Å²) in [5.41, 5.74) is 12.8. The predicted octanol–water partition coefficient (Wildman–Crippen LogP) is 6.09. The first-order chi connectivity index (χ1) is 21.6. The first-order valence-corrected chi connectivity index (χ1v) is 15.4. The molecule has 1 atom stereocenters. The van der Waals surface area contributed by atoms with Gasteiger partial charge in [-0.2, -0.15) is 0 Å². The summed E-state index contributed by atoms with van der Waals surface area (Å²) in [5, 5.41) is 11.2. The van der Waals surface area contributed by atoms with Crippen molar-refractivity contribution in [1.29, 1.82) is 0 Å². The van der Waals surface area contributed by atoms with Crippen molar-refractivity contribution in [2.45, 2.75) is 86.7 Å². The largest absolute Gasteiger partial charge is 0.458 e. The molecule has 0 fully saturated rings. The highest BCUT2D eigenvalue weighted by atomic mass is 19.1. The zero-order valence-corrected chi connectivity index (χ0v) is 26.6. The molecule has 4 aromatic rings. The van der Waals surface area contributed by atoms with Crippen LogP contribution in [-0.4, -0.2) is 26.7 Å². The maximum absolute atomic E-state index is 14.5. The Hall–Kier alpha value is -4.57. The van der Waals surface area contributed by atoms with Gasteiger partial charge >= 0.3 is 12.1 Å². The highest BCUT2D eigenvalue weighted by Crippen LogP contribution is 2.42. The fourth-order valence-corrected chi connectivity index (χ4v) is 5.90. The molecule has 10 heteroatoms. The van der Waals surface area contributed by atoms with E-state index in [-0.39, 0.29) is 30.2 Å². The minimum absolute atomic E-state index is 0.141. The van der Waals surface area contributed by atoms with Crippen molar-refractivity contribution < 1.29 is 28.6 Å². The van der Waals surface area contributed by atoms with E-state index >= 15 is 0 Å². The molecule has 0 saturated carbocycles. The van der Waals surface area contributed by atoms with Crippen molar-refractivity contribution >= 4 is 23.0 Å². The lowest BCUT2D eigenvalue weighted by molar-refractivity contribution is -0.157. The molecule has 1 amide bonds. The lowest BCUT2D eigenvalue weighted by atomic mass is 9.85. The van der Waals surface area contributed by atoms with Crippen LogP contribution >= 0.6 is 0 Å². The van der Waals surface area contributed by atoms with Crippen LogP contribution in [0.2, 0.25) is 0 Å². The molecule has 0 spiro atoms. The number of carbonyl (C=O) groups is 2. The second kappa shape index (κ2) is 14.0. The third kappa shape index (κ3) is 6.33. The smallest absolute Gasteiger partial charge is 0.404 e. The summed E-state index contributed by atoms with van der Waals surface area (Å²) in [4.78, 5) is 39.8. The van der Waals surface area contributed by atoms with Gasteiger partial charge in [0.05, 0.1) is 29.0 Å². The number of pyridine rings is 2. The van der Waals surface area contributed by atoms with Crippen molar-refractivity contribution in [2.24, 2.45) is 5.73 Å². The first-order valence-electron chi connectivity index (χ1n) is 15.4. The van der Waals surface area contributed by atoms with E-state index in [0.29, 0.717) is 34.6 Å². The lowest BCUT2D eigenvalue weighted by Crippen LogP contribution is -2.32. The molecule has 9 nitrogen and oxygen atoms in total. The van der Waals surface area contributed by atoms with Gasteiger partial charge in [0.25, 0.3) is 5.56 Å². The summed E-state index contributed by atoms with van der Waals surface area (Å²) in [7, 11) is 0. The number of fused-ring (bicyclic) bond motifs is 5. The maximum atomic E-state index is 14.5. The number of hydrogen-bond donors (Lipinski definition) is 2. The van der Waals surface area contributed by atoms with Crippen molar-refractivity contribution in [3.05, 3.63) is 97.1 Å². The SMILES string of the molecule is CC.CC.Cc1c(F)cc2nc3c(c4c2c1CCC4)Cn1c-3cc2c(c1=O)COC(=O)C2O.Cc1ccc(COC(N)=O)cc1. The molecule has 2 aromatic heterocycles. The van der Waals surface area contributed by atoms with Gasteiger partial charge in [-0.3, -0.25) is 4.79 Å². The Kier molecular flexibility index (Phi) is 10.4. The van der Waals surface area contributed by atoms with Gasteiger partial charge in [0.2, 0.25) is 0 Å². The molecule has 4 heterocycles. The molecule has 3 N–H and O–H groups in total. The summed E-state index contributed by atoms with van der Waals surface area (Å²) >= 11 is 0. The first kappa shape index (κ1) is 33.3. The number of aliphatic hydroxyl groups is 1. The van der Waals surface area contributed by atoms with Crippen LogP contribution < -0.4 is 11.3 Å². The number of nitrogens with two attached hydrogens (primary N) is 1. The monoisotopic (exact) mass is 617 g/mol. The van der Waals surface area contributed by atoms with E-state index in [9.17, 15) is 23.9 Å². The number of nitrogens with zero attached hydrogens (tertiary/aromatic N) is 2. The van der Waals surface area contributed by atoms with E-state index in [1.807, 2.05) is 58.9 Å². The molecule has 2 aliphatic heterocycles. The number of benzene rings is 2. The van der Waals surface area contributed by atoms with E-state index in [0.717, 1.165) is 46.9 Å². The quantitative estimate of drug-likeness (QED) is 0.229. The number of aryl methyl sites for hydroxylation is 3. The average Bonchev–Trinajstić information content (AvgIpc) is 3.43. The second-order valence-electron chi connectivity index (χ2n) is 10.6. The number of hydrogen-bond acceptors (Lipinski definition) is 7. The standard InChI is InChI=1S/C22H17FN2O4.C9H11NO2.2C2H6/c1-9-10-3-2-4-11-13-7-25-17(19(13)24-16(18(10)11)6-15(9)23)5-12-14(21(25)27)8-29-22(28)20(12)26;1-7-2-4-8(5-3-7)6-12-9(10)11;2*1-2/h5-6,20,26H,2-4,7-8H2,1H3;2-5H,6H2,1H3,(H2,10,11);2*1-2H3. The molecule has 0 radical (unpaired) electrons. The lowest BCUT2D eigenvalue weighted by Gasteiger charge is -2.22. The molecular formula is C35H40FN3O6. The zero-order chi connectivity index (χ0) is 33.0. The van der Waals surface area contributed by atoms with Gasteiger partial charge in [-0.1, -0.05) is 57.5 Å². The number of ether oxygens (including phenoxy) is 2. The van der Waals surface area contributed by atoms with Gasteiger partial charge in [0.15, 0.2) is 6.10 Å². The number of aromatic nitrogens is 2. The van der Waals surface area contributed by atoms with Crippen LogP contribution in [0.5, 0.6) is 0 Å². The Bertz CT molecular complexity index is 1810. The van der Waals surface area contributed by atoms with Gasteiger partial charge in [0.1, 0.15) is 19.0 Å². The van der Waals surface area contributed by atoms with E-state index in [1.165, 1.54) is 11.6 Å². The summed E-state index contributed by atoms with van der Waals surface area (Å²) in [5.74, 6) is -1.03. The van der Waals surface area contributed by atoms with Gasteiger partial charge < -0.3 is 24.9 Å². The Morgan fingerprint density at radius 2 is 1.71 bits per heavy atom. The van der Waals surface area contributed by atoms with Gasteiger partial charge in [-0.25, -0.2) is 19.0 Å². The van der Waals surface area contributed by atoms with Crippen molar-refractivity contribution in [3.63, 3.8) is 0 Å². The zero-order valence-electron chi connectivity index (χ0n) is 26.6. The molecule has 1 unspecified atom stereocenters. The van der Waals surface area contributed by atoms with E-state index in [4.69, 9.17) is 15.5 Å². The van der Waals surface area contributed by atoms with Crippen molar-refractivity contribution in [2.75, 3.05) is 0 Å². The molecule has 1 aliphatic carbocycles. The number of cyclic esters (lactones) is 1. The van der Waals surface area contributed by atoms with E-state index in [2.05, 4.69) is 4.74 Å². The molecule has 0 saturated heterocycles. The minimum atomic E-state index is -1.48. The highest BCUT2D eigenvalue weighted by molar-refractivity contribution is 5.92. The Labute approximate surface area is 261 Å². The van der Waals surface area contributed by atoms with Crippen molar-refractivity contribution in [3.8, 4) is 11.4 Å². The van der Waals surface area contributed by atoms with Crippen molar-refractivity contribution in [1.82, 2.24) is 9.55 Å². The summed E-state index contributed by atoms with van der Waals surface area (Å²) < 4.78 is 25.7.